The van der Waals surface area contributed by atoms with Gasteiger partial charge in [-0.15, -0.1) is 11.3 Å². The number of nitrogens with two attached hydrogens (primary N) is 1. The molecule has 2 heterocycles. The predicted octanol–water partition coefficient (Wildman–Crippen LogP) is 1.61. The minimum absolute atomic E-state index is 0.239. The zero-order chi connectivity index (χ0) is 14.0. The van der Waals surface area contributed by atoms with Gasteiger partial charge in [-0.2, -0.15) is 5.10 Å². The van der Waals surface area contributed by atoms with Gasteiger partial charge in [-0.05, 0) is 20.8 Å². The van der Waals surface area contributed by atoms with Gasteiger partial charge in [0, 0.05) is 18.1 Å². The van der Waals surface area contributed by atoms with E-state index in [4.69, 9.17) is 5.73 Å². The summed E-state index contributed by atoms with van der Waals surface area (Å²) in [5.74, 6) is -0.239. The van der Waals surface area contributed by atoms with Gasteiger partial charge >= 0.3 is 0 Å². The van der Waals surface area contributed by atoms with Crippen molar-refractivity contribution in [1.82, 2.24) is 20.1 Å². The van der Waals surface area contributed by atoms with Crippen molar-refractivity contribution in [3.05, 3.63) is 28.5 Å². The van der Waals surface area contributed by atoms with Crippen LogP contribution in [0.4, 0.5) is 5.69 Å². The Morgan fingerprint density at radius 2 is 2.32 bits per heavy atom. The molecule has 3 N–H and O–H groups in total. The van der Waals surface area contributed by atoms with Crippen LogP contribution in [0, 0.1) is 0 Å². The molecular weight excluding hydrogens is 262 g/mol. The number of anilines is 1. The average Bonchev–Trinajstić information content (AvgIpc) is 2.96. The molecule has 0 bridgehead atoms. The summed E-state index contributed by atoms with van der Waals surface area (Å²) in [4.78, 5) is 16.6. The molecule has 2 aromatic rings. The highest BCUT2D eigenvalue weighted by atomic mass is 32.1. The number of carbonyl (C=O) groups excluding carboxylic acids is 1. The van der Waals surface area contributed by atoms with E-state index in [0.717, 1.165) is 5.01 Å². The van der Waals surface area contributed by atoms with Gasteiger partial charge in [0.15, 0.2) is 0 Å². The minimum atomic E-state index is -0.541. The molecule has 0 saturated heterocycles. The van der Waals surface area contributed by atoms with Gasteiger partial charge in [-0.3, -0.25) is 9.48 Å². The van der Waals surface area contributed by atoms with Crippen molar-refractivity contribution in [2.75, 3.05) is 5.73 Å². The van der Waals surface area contributed by atoms with Crippen LogP contribution in [0.15, 0.2) is 17.8 Å². The van der Waals surface area contributed by atoms with Gasteiger partial charge in [-0.1, -0.05) is 0 Å². The van der Waals surface area contributed by atoms with E-state index in [1.54, 1.807) is 10.9 Å². The molecule has 0 spiro atoms. The summed E-state index contributed by atoms with van der Waals surface area (Å²) >= 11 is 1.50. The fourth-order valence-corrected chi connectivity index (χ4v) is 2.53. The normalized spacial score (nSPS) is 11.5. The summed E-state index contributed by atoms with van der Waals surface area (Å²) in [5, 5.41) is 9.74. The number of nitrogens with one attached hydrogen (secondary N) is 1. The quantitative estimate of drug-likeness (QED) is 0.890. The number of hydrogen-bond donors (Lipinski definition) is 2. The molecule has 0 aliphatic heterocycles. The van der Waals surface area contributed by atoms with E-state index < -0.39 is 5.54 Å². The van der Waals surface area contributed by atoms with Gasteiger partial charge in [-0.25, -0.2) is 4.98 Å². The molecule has 0 aromatic carbocycles. The Morgan fingerprint density at radius 1 is 1.58 bits per heavy atom. The van der Waals surface area contributed by atoms with Crippen molar-refractivity contribution in [3.8, 4) is 0 Å². The van der Waals surface area contributed by atoms with Crippen LogP contribution in [-0.4, -0.2) is 20.7 Å². The lowest BCUT2D eigenvalue weighted by atomic mass is 10.1. The van der Waals surface area contributed by atoms with Crippen molar-refractivity contribution in [1.29, 1.82) is 0 Å². The van der Waals surface area contributed by atoms with E-state index in [0.29, 0.717) is 17.9 Å². The van der Waals surface area contributed by atoms with Crippen LogP contribution in [0.5, 0.6) is 0 Å². The summed E-state index contributed by atoms with van der Waals surface area (Å²) in [6.07, 6.45) is 3.22. The van der Waals surface area contributed by atoms with Crippen molar-refractivity contribution < 1.29 is 4.79 Å². The molecule has 0 aliphatic carbocycles. The Labute approximate surface area is 115 Å². The van der Waals surface area contributed by atoms with Crippen LogP contribution in [0.25, 0.3) is 0 Å². The van der Waals surface area contributed by atoms with Crippen LogP contribution in [-0.2, 0) is 12.1 Å². The third-order valence-electron chi connectivity index (χ3n) is 2.78. The Balaban J connectivity index is 2.24. The molecule has 2 rings (SSSR count). The maximum absolute atomic E-state index is 12.3. The molecule has 0 radical (unpaired) electrons. The van der Waals surface area contributed by atoms with E-state index >= 15 is 0 Å². The molecule has 2 aromatic heterocycles. The second-order valence-electron chi connectivity index (χ2n) is 4.68. The predicted molar refractivity (Wildman–Crippen MR) is 74.9 cm³/mol. The third kappa shape index (κ3) is 2.60. The van der Waals surface area contributed by atoms with Crippen molar-refractivity contribution >= 4 is 22.9 Å². The second kappa shape index (κ2) is 5.00. The Kier molecular flexibility index (Phi) is 3.57. The zero-order valence-corrected chi connectivity index (χ0v) is 12.0. The number of amides is 1. The molecule has 0 fully saturated rings. The largest absolute Gasteiger partial charge is 0.396 e. The smallest absolute Gasteiger partial charge is 0.272 e. The fraction of sp³-hybridized carbons (Fsp3) is 0.417. The number of nitrogen functional groups attached to an aromatic ring is 1. The minimum Gasteiger partial charge on any atom is -0.396 e. The van der Waals surface area contributed by atoms with Gasteiger partial charge < -0.3 is 11.1 Å². The van der Waals surface area contributed by atoms with Crippen LogP contribution in [0.2, 0.25) is 0 Å². The van der Waals surface area contributed by atoms with Crippen molar-refractivity contribution in [2.45, 2.75) is 32.9 Å². The van der Waals surface area contributed by atoms with Crippen molar-refractivity contribution in [3.63, 3.8) is 0 Å². The highest BCUT2D eigenvalue weighted by Crippen LogP contribution is 2.23. The van der Waals surface area contributed by atoms with E-state index in [9.17, 15) is 4.79 Å². The highest BCUT2D eigenvalue weighted by molar-refractivity contribution is 7.09. The third-order valence-corrected chi connectivity index (χ3v) is 3.87. The Bertz CT molecular complexity index is 573. The molecule has 102 valence electrons. The van der Waals surface area contributed by atoms with Gasteiger partial charge in [0.1, 0.15) is 10.7 Å². The number of thiazole rings is 1. The van der Waals surface area contributed by atoms with Crippen LogP contribution < -0.4 is 11.1 Å². The van der Waals surface area contributed by atoms with Crippen molar-refractivity contribution in [2.24, 2.45) is 0 Å². The number of carbonyl (C=O) groups is 1. The van der Waals surface area contributed by atoms with E-state index in [-0.39, 0.29) is 5.91 Å². The fourth-order valence-electron chi connectivity index (χ4n) is 1.82. The number of rotatable bonds is 4. The molecule has 0 atom stereocenters. The summed E-state index contributed by atoms with van der Waals surface area (Å²) in [7, 11) is 0. The van der Waals surface area contributed by atoms with Crippen LogP contribution >= 0.6 is 11.3 Å². The summed E-state index contributed by atoms with van der Waals surface area (Å²) in [6.45, 7) is 6.33. The van der Waals surface area contributed by atoms with Gasteiger partial charge in [0.25, 0.3) is 5.91 Å². The lowest BCUT2D eigenvalue weighted by Gasteiger charge is -2.24. The zero-order valence-electron chi connectivity index (χ0n) is 11.2. The first-order valence-corrected chi connectivity index (χ1v) is 6.87. The highest BCUT2D eigenvalue weighted by Gasteiger charge is 2.28. The number of hydrogen-bond acceptors (Lipinski definition) is 5. The molecule has 1 amide bonds. The Morgan fingerprint density at radius 3 is 2.89 bits per heavy atom. The lowest BCUT2D eigenvalue weighted by Crippen LogP contribution is -2.42. The first kappa shape index (κ1) is 13.5. The first-order chi connectivity index (χ1) is 8.95. The monoisotopic (exact) mass is 279 g/mol. The molecule has 6 nitrogen and oxygen atoms in total. The summed E-state index contributed by atoms with van der Waals surface area (Å²) < 4.78 is 1.59. The molecule has 0 aliphatic rings. The molecule has 0 saturated carbocycles. The van der Waals surface area contributed by atoms with E-state index in [1.807, 2.05) is 26.2 Å². The number of aryl methyl sites for hydroxylation is 1. The summed E-state index contributed by atoms with van der Waals surface area (Å²) in [5.41, 5.74) is 6.04. The first-order valence-electron chi connectivity index (χ1n) is 5.99. The maximum Gasteiger partial charge on any atom is 0.272 e. The Hall–Kier alpha value is -1.89. The summed E-state index contributed by atoms with van der Waals surface area (Å²) in [6, 6.07) is 0. The maximum atomic E-state index is 12.3. The molecule has 7 heteroatoms. The topological polar surface area (TPSA) is 85.8 Å². The van der Waals surface area contributed by atoms with Gasteiger partial charge in [0.05, 0.1) is 17.4 Å². The van der Waals surface area contributed by atoms with Crippen LogP contribution in [0.3, 0.4) is 0 Å². The van der Waals surface area contributed by atoms with Gasteiger partial charge in [0.2, 0.25) is 0 Å². The second-order valence-corrected chi connectivity index (χ2v) is 5.58. The standard InChI is InChI=1S/C12H17N5OS/c1-4-17-9(8(13)7-15-17)10(18)16-12(2,3)11-14-5-6-19-11/h5-7H,4,13H2,1-3H3,(H,16,18). The SMILES string of the molecule is CCn1ncc(N)c1C(=O)NC(C)(C)c1nccs1. The number of nitrogens with zero attached hydrogens (tertiary/aromatic N) is 3. The number of aromatic nitrogens is 3. The van der Waals surface area contributed by atoms with E-state index in [1.165, 1.54) is 17.5 Å². The van der Waals surface area contributed by atoms with E-state index in [2.05, 4.69) is 15.4 Å². The van der Waals surface area contributed by atoms with Crippen LogP contribution in [0.1, 0.15) is 36.3 Å². The lowest BCUT2D eigenvalue weighted by molar-refractivity contribution is 0.0902. The molecular formula is C12H17N5OS. The average molecular weight is 279 g/mol. The molecule has 19 heavy (non-hydrogen) atoms. The molecule has 0 unspecified atom stereocenters.